The zero-order valence-electron chi connectivity index (χ0n) is 16.6. The highest BCUT2D eigenvalue weighted by molar-refractivity contribution is 7.18. The lowest BCUT2D eigenvalue weighted by molar-refractivity contribution is 0.0456. The lowest BCUT2D eigenvalue weighted by atomic mass is 10.3. The predicted molar refractivity (Wildman–Crippen MR) is 122 cm³/mol. The number of carbonyl (C=O) groups is 2. The fourth-order valence-corrected chi connectivity index (χ4v) is 4.79. The van der Waals surface area contributed by atoms with Crippen molar-refractivity contribution in [1.29, 1.82) is 0 Å². The molecule has 0 aliphatic carbocycles. The maximum atomic E-state index is 12.4. The van der Waals surface area contributed by atoms with Crippen LogP contribution in [0.15, 0.2) is 66.7 Å². The summed E-state index contributed by atoms with van der Waals surface area (Å²) in [5.41, 5.74) is 1.78. The van der Waals surface area contributed by atoms with Crippen molar-refractivity contribution in [3.8, 4) is 0 Å². The topological polar surface area (TPSA) is 91.3 Å². The van der Waals surface area contributed by atoms with E-state index in [1.807, 2.05) is 48.5 Å². The molecule has 0 atom stereocenters. The van der Waals surface area contributed by atoms with Crippen LogP contribution in [0.2, 0.25) is 0 Å². The van der Waals surface area contributed by atoms with E-state index in [9.17, 15) is 9.59 Å². The molecule has 0 aliphatic heterocycles. The Balaban J connectivity index is 1.21. The van der Waals surface area contributed by atoms with Crippen LogP contribution in [0.3, 0.4) is 0 Å². The monoisotopic (exact) mass is 461 g/mol. The van der Waals surface area contributed by atoms with E-state index in [-0.39, 0.29) is 24.6 Å². The predicted octanol–water partition coefficient (Wildman–Crippen LogP) is 5.02. The Labute approximate surface area is 190 Å². The minimum Gasteiger partial charge on any atom is -0.454 e. The minimum absolute atomic E-state index is 0.0283. The molecule has 0 radical (unpaired) electrons. The molecule has 0 amide bonds. The van der Waals surface area contributed by atoms with Gasteiger partial charge in [-0.3, -0.25) is 0 Å². The number of esters is 2. The van der Waals surface area contributed by atoms with Crippen molar-refractivity contribution in [2.24, 2.45) is 0 Å². The molecule has 0 saturated heterocycles. The van der Waals surface area contributed by atoms with Crippen molar-refractivity contribution >= 4 is 55.0 Å². The summed E-state index contributed by atoms with van der Waals surface area (Å²) in [7, 11) is 0. The van der Waals surface area contributed by atoms with Crippen molar-refractivity contribution in [3.63, 3.8) is 0 Å². The molecule has 0 bridgehead atoms. The Morgan fingerprint density at radius 3 is 1.56 bits per heavy atom. The Morgan fingerprint density at radius 1 is 0.625 bits per heavy atom. The number of ether oxygens (including phenoxy) is 2. The number of fused-ring (bicyclic) bond motifs is 2. The molecule has 0 aliphatic rings. The number of pyridine rings is 1. The first-order chi connectivity index (χ1) is 15.7. The van der Waals surface area contributed by atoms with Gasteiger partial charge < -0.3 is 9.47 Å². The lowest BCUT2D eigenvalue weighted by Gasteiger charge is -2.05. The van der Waals surface area contributed by atoms with Crippen molar-refractivity contribution in [3.05, 3.63) is 88.1 Å². The Bertz CT molecular complexity index is 1270. The third kappa shape index (κ3) is 4.34. The number of thiazole rings is 2. The highest BCUT2D eigenvalue weighted by Gasteiger charge is 2.16. The summed E-state index contributed by atoms with van der Waals surface area (Å²) in [4.78, 5) is 37.8. The van der Waals surface area contributed by atoms with Gasteiger partial charge >= 0.3 is 11.9 Å². The molecule has 2 aromatic carbocycles. The second-order valence-electron chi connectivity index (χ2n) is 6.71. The number of hydrogen-bond donors (Lipinski definition) is 0. The molecule has 0 N–H and O–H groups in total. The molecule has 7 nitrogen and oxygen atoms in total. The van der Waals surface area contributed by atoms with Crippen LogP contribution < -0.4 is 0 Å². The first-order valence-corrected chi connectivity index (χ1v) is 11.3. The molecule has 0 fully saturated rings. The smallest absolute Gasteiger partial charge is 0.357 e. The van der Waals surface area contributed by atoms with Gasteiger partial charge in [0, 0.05) is 0 Å². The molecular weight excluding hydrogens is 446 g/mol. The standard InChI is InChI=1S/C23H15N3O4S2/c27-22(29-12-20-25-14-6-1-3-10-18(14)31-20)16-8-5-9-17(24-16)23(28)30-13-21-26-15-7-2-4-11-19(15)32-21/h1-11H,12-13H2. The largest absolute Gasteiger partial charge is 0.454 e. The van der Waals surface area contributed by atoms with Crippen LogP contribution >= 0.6 is 22.7 Å². The van der Waals surface area contributed by atoms with Crippen molar-refractivity contribution < 1.29 is 19.1 Å². The van der Waals surface area contributed by atoms with Gasteiger partial charge in [0.15, 0.2) is 0 Å². The third-order valence-electron chi connectivity index (χ3n) is 4.50. The summed E-state index contributed by atoms with van der Waals surface area (Å²) in [5, 5.41) is 1.37. The van der Waals surface area contributed by atoms with Gasteiger partial charge in [-0.1, -0.05) is 30.3 Å². The van der Waals surface area contributed by atoms with Gasteiger partial charge in [-0.2, -0.15) is 0 Å². The first-order valence-electron chi connectivity index (χ1n) is 9.66. The van der Waals surface area contributed by atoms with E-state index in [1.165, 1.54) is 34.8 Å². The molecule has 5 aromatic rings. The minimum atomic E-state index is -0.634. The van der Waals surface area contributed by atoms with Crippen LogP contribution in [0.4, 0.5) is 0 Å². The quantitative estimate of drug-likeness (QED) is 0.328. The van der Waals surface area contributed by atoms with Crippen molar-refractivity contribution in [2.45, 2.75) is 13.2 Å². The van der Waals surface area contributed by atoms with E-state index in [2.05, 4.69) is 15.0 Å². The molecule has 0 unspecified atom stereocenters. The van der Waals surface area contributed by atoms with E-state index in [1.54, 1.807) is 6.07 Å². The Kier molecular flexibility index (Phi) is 5.57. The number of nitrogens with zero attached hydrogens (tertiary/aromatic N) is 3. The number of hydrogen-bond acceptors (Lipinski definition) is 9. The summed E-state index contributed by atoms with van der Waals surface area (Å²) >= 11 is 2.92. The zero-order valence-corrected chi connectivity index (χ0v) is 18.2. The van der Waals surface area contributed by atoms with Crippen molar-refractivity contribution in [1.82, 2.24) is 15.0 Å². The van der Waals surface area contributed by atoms with E-state index in [0.29, 0.717) is 10.0 Å². The maximum absolute atomic E-state index is 12.4. The molecule has 0 spiro atoms. The van der Waals surface area contributed by atoms with Gasteiger partial charge in [0.05, 0.1) is 20.4 Å². The van der Waals surface area contributed by atoms with Crippen LogP contribution in [-0.2, 0) is 22.7 Å². The Hall–Kier alpha value is -3.69. The van der Waals surface area contributed by atoms with Crippen LogP contribution in [0.25, 0.3) is 20.4 Å². The number of rotatable bonds is 6. The van der Waals surface area contributed by atoms with Crippen molar-refractivity contribution in [2.75, 3.05) is 0 Å². The molecule has 3 aromatic heterocycles. The third-order valence-corrected chi connectivity index (χ3v) is 6.52. The molecule has 158 valence electrons. The van der Waals surface area contributed by atoms with Gasteiger partial charge in [-0.15, -0.1) is 22.7 Å². The number of benzene rings is 2. The van der Waals surface area contributed by atoms with Gasteiger partial charge in [0.2, 0.25) is 0 Å². The van der Waals surface area contributed by atoms with E-state index in [0.717, 1.165) is 20.4 Å². The van der Waals surface area contributed by atoms with Crippen LogP contribution in [0.1, 0.15) is 31.0 Å². The average Bonchev–Trinajstić information content (AvgIpc) is 3.44. The van der Waals surface area contributed by atoms with Crippen LogP contribution in [0, 0.1) is 0 Å². The SMILES string of the molecule is O=C(OCc1nc2ccccc2s1)c1cccc(C(=O)OCc2nc3ccccc3s2)n1. The number of carbonyl (C=O) groups excluding carboxylic acids is 2. The number of para-hydroxylation sites is 2. The highest BCUT2D eigenvalue weighted by Crippen LogP contribution is 2.23. The fourth-order valence-electron chi connectivity index (χ4n) is 3.03. The van der Waals surface area contributed by atoms with E-state index >= 15 is 0 Å². The van der Waals surface area contributed by atoms with Crippen LogP contribution in [0.5, 0.6) is 0 Å². The highest BCUT2D eigenvalue weighted by atomic mass is 32.1. The summed E-state index contributed by atoms with van der Waals surface area (Å²) in [6.45, 7) is 0.0677. The summed E-state index contributed by atoms with van der Waals surface area (Å²) in [6, 6.07) is 20.0. The molecule has 0 saturated carbocycles. The summed E-state index contributed by atoms with van der Waals surface area (Å²) in [5.74, 6) is -1.27. The second-order valence-corrected chi connectivity index (χ2v) is 8.94. The summed E-state index contributed by atoms with van der Waals surface area (Å²) < 4.78 is 12.7. The second kappa shape index (κ2) is 8.81. The molecule has 32 heavy (non-hydrogen) atoms. The first kappa shape index (κ1) is 20.2. The zero-order chi connectivity index (χ0) is 21.9. The van der Waals surface area contributed by atoms with Crippen LogP contribution in [-0.4, -0.2) is 26.9 Å². The molecule has 9 heteroatoms. The molecule has 5 rings (SSSR count). The van der Waals surface area contributed by atoms with E-state index in [4.69, 9.17) is 9.47 Å². The van der Waals surface area contributed by atoms with E-state index < -0.39 is 11.9 Å². The fraction of sp³-hybridized carbons (Fsp3) is 0.0870. The van der Waals surface area contributed by atoms with Gasteiger partial charge in [-0.25, -0.2) is 24.5 Å². The molecule has 3 heterocycles. The number of aromatic nitrogens is 3. The van der Waals surface area contributed by atoms with Gasteiger partial charge in [0.25, 0.3) is 0 Å². The maximum Gasteiger partial charge on any atom is 0.357 e. The average molecular weight is 462 g/mol. The lowest BCUT2D eigenvalue weighted by Crippen LogP contribution is -2.12. The molecular formula is C23H15N3O4S2. The van der Waals surface area contributed by atoms with Gasteiger partial charge in [-0.05, 0) is 36.4 Å². The normalized spacial score (nSPS) is 11.0. The summed E-state index contributed by atoms with van der Waals surface area (Å²) in [6.07, 6.45) is 0. The van der Waals surface area contributed by atoms with Gasteiger partial charge in [0.1, 0.15) is 34.6 Å². The Morgan fingerprint density at radius 2 is 1.09 bits per heavy atom.